The SMILES string of the molecule is Cc1nc(CNc2ccnc(C(=O)O)c2)oc1C. The Labute approximate surface area is 104 Å². The normalized spacial score (nSPS) is 10.3. The maximum absolute atomic E-state index is 10.8. The molecule has 0 aliphatic heterocycles. The van der Waals surface area contributed by atoms with Crippen LogP contribution in [0.4, 0.5) is 5.69 Å². The minimum absolute atomic E-state index is 0.000217. The van der Waals surface area contributed by atoms with Crippen LogP contribution in [-0.4, -0.2) is 21.0 Å². The number of carboxylic acid groups (broad SMARTS) is 1. The number of aromatic carboxylic acids is 1. The molecule has 2 aromatic heterocycles. The third kappa shape index (κ3) is 2.65. The first-order chi connectivity index (χ1) is 8.56. The molecule has 0 bridgehead atoms. The van der Waals surface area contributed by atoms with Gasteiger partial charge in [-0.15, -0.1) is 0 Å². The van der Waals surface area contributed by atoms with Gasteiger partial charge in [-0.05, 0) is 26.0 Å². The maximum Gasteiger partial charge on any atom is 0.354 e. The number of hydrogen-bond acceptors (Lipinski definition) is 5. The van der Waals surface area contributed by atoms with Gasteiger partial charge in [-0.3, -0.25) is 0 Å². The van der Waals surface area contributed by atoms with Crippen molar-refractivity contribution < 1.29 is 14.3 Å². The van der Waals surface area contributed by atoms with Gasteiger partial charge in [0.25, 0.3) is 0 Å². The number of oxazole rings is 1. The monoisotopic (exact) mass is 247 g/mol. The van der Waals surface area contributed by atoms with Crippen molar-refractivity contribution in [2.24, 2.45) is 0 Å². The first-order valence-electron chi connectivity index (χ1n) is 5.42. The highest BCUT2D eigenvalue weighted by Crippen LogP contribution is 2.12. The summed E-state index contributed by atoms with van der Waals surface area (Å²) in [7, 11) is 0. The Morgan fingerprint density at radius 1 is 1.50 bits per heavy atom. The molecule has 2 rings (SSSR count). The van der Waals surface area contributed by atoms with Gasteiger partial charge in [-0.1, -0.05) is 0 Å². The van der Waals surface area contributed by atoms with E-state index < -0.39 is 5.97 Å². The summed E-state index contributed by atoms with van der Waals surface area (Å²) in [6.45, 7) is 4.12. The Bertz CT molecular complexity index is 558. The van der Waals surface area contributed by atoms with Crippen LogP contribution in [0.5, 0.6) is 0 Å². The van der Waals surface area contributed by atoms with Crippen LogP contribution in [0.1, 0.15) is 27.8 Å². The molecular weight excluding hydrogens is 234 g/mol. The summed E-state index contributed by atoms with van der Waals surface area (Å²) in [5.74, 6) is 0.299. The van der Waals surface area contributed by atoms with Gasteiger partial charge in [-0.2, -0.15) is 0 Å². The highest BCUT2D eigenvalue weighted by atomic mass is 16.4. The van der Waals surface area contributed by atoms with Crippen molar-refractivity contribution in [3.63, 3.8) is 0 Å². The smallest absolute Gasteiger partial charge is 0.354 e. The van der Waals surface area contributed by atoms with E-state index in [1.54, 1.807) is 6.07 Å². The van der Waals surface area contributed by atoms with E-state index in [1.807, 2.05) is 13.8 Å². The van der Waals surface area contributed by atoms with Gasteiger partial charge in [0, 0.05) is 11.9 Å². The molecule has 0 aliphatic rings. The molecule has 94 valence electrons. The molecule has 0 unspecified atom stereocenters. The predicted octanol–water partition coefficient (Wildman–Crippen LogP) is 2.00. The molecule has 0 saturated carbocycles. The van der Waals surface area contributed by atoms with E-state index in [0.717, 1.165) is 11.5 Å². The maximum atomic E-state index is 10.8. The van der Waals surface area contributed by atoms with Gasteiger partial charge >= 0.3 is 5.97 Å². The third-order valence-corrected chi connectivity index (χ3v) is 2.50. The summed E-state index contributed by atoms with van der Waals surface area (Å²) in [5, 5.41) is 11.9. The van der Waals surface area contributed by atoms with Gasteiger partial charge in [0.15, 0.2) is 0 Å². The molecule has 0 amide bonds. The van der Waals surface area contributed by atoms with Crippen molar-refractivity contribution in [2.75, 3.05) is 5.32 Å². The molecule has 2 aromatic rings. The van der Waals surface area contributed by atoms with Crippen LogP contribution in [0.3, 0.4) is 0 Å². The highest BCUT2D eigenvalue weighted by molar-refractivity contribution is 5.86. The standard InChI is InChI=1S/C12H13N3O3/c1-7-8(2)18-11(15-7)6-14-9-3-4-13-10(5-9)12(16)17/h3-5H,6H2,1-2H3,(H,13,14)(H,16,17). The molecule has 6 heteroatoms. The summed E-state index contributed by atoms with van der Waals surface area (Å²) in [6.07, 6.45) is 1.44. The second-order valence-corrected chi connectivity index (χ2v) is 3.84. The Hall–Kier alpha value is -2.37. The molecule has 0 saturated heterocycles. The summed E-state index contributed by atoms with van der Waals surface area (Å²) < 4.78 is 5.41. The molecule has 0 fully saturated rings. The number of hydrogen-bond donors (Lipinski definition) is 2. The minimum Gasteiger partial charge on any atom is -0.477 e. The number of pyridine rings is 1. The summed E-state index contributed by atoms with van der Waals surface area (Å²) in [6, 6.07) is 3.15. The molecule has 0 spiro atoms. The first kappa shape index (κ1) is 12.1. The molecule has 0 aromatic carbocycles. The molecule has 2 heterocycles. The largest absolute Gasteiger partial charge is 0.477 e. The van der Waals surface area contributed by atoms with E-state index in [0.29, 0.717) is 18.1 Å². The summed E-state index contributed by atoms with van der Waals surface area (Å²) >= 11 is 0. The van der Waals surface area contributed by atoms with E-state index in [9.17, 15) is 4.79 Å². The van der Waals surface area contributed by atoms with Crippen molar-refractivity contribution in [1.82, 2.24) is 9.97 Å². The zero-order chi connectivity index (χ0) is 13.1. The number of aromatic nitrogens is 2. The van der Waals surface area contributed by atoms with E-state index in [4.69, 9.17) is 9.52 Å². The summed E-state index contributed by atoms with van der Waals surface area (Å²) in [4.78, 5) is 18.7. The number of nitrogens with zero attached hydrogens (tertiary/aromatic N) is 2. The van der Waals surface area contributed by atoms with Crippen LogP contribution >= 0.6 is 0 Å². The predicted molar refractivity (Wildman–Crippen MR) is 64.5 cm³/mol. The lowest BCUT2D eigenvalue weighted by Gasteiger charge is -2.03. The van der Waals surface area contributed by atoms with Crippen molar-refractivity contribution >= 4 is 11.7 Å². The van der Waals surface area contributed by atoms with Crippen molar-refractivity contribution in [2.45, 2.75) is 20.4 Å². The molecule has 2 N–H and O–H groups in total. The van der Waals surface area contributed by atoms with E-state index in [1.165, 1.54) is 12.3 Å². The highest BCUT2D eigenvalue weighted by Gasteiger charge is 2.07. The lowest BCUT2D eigenvalue weighted by molar-refractivity contribution is 0.0690. The van der Waals surface area contributed by atoms with Crippen molar-refractivity contribution in [1.29, 1.82) is 0 Å². The average Bonchev–Trinajstić information content (AvgIpc) is 2.67. The molecule has 0 aliphatic carbocycles. The third-order valence-electron chi connectivity index (χ3n) is 2.50. The van der Waals surface area contributed by atoms with Gasteiger partial charge in [-0.25, -0.2) is 14.8 Å². The number of carboxylic acids is 1. The van der Waals surface area contributed by atoms with Crippen LogP contribution in [0.2, 0.25) is 0 Å². The molecule has 6 nitrogen and oxygen atoms in total. The van der Waals surface area contributed by atoms with E-state index in [2.05, 4.69) is 15.3 Å². The second kappa shape index (κ2) is 4.87. The van der Waals surface area contributed by atoms with Gasteiger partial charge < -0.3 is 14.8 Å². The fourth-order valence-corrected chi connectivity index (χ4v) is 1.45. The van der Waals surface area contributed by atoms with Gasteiger partial charge in [0.2, 0.25) is 5.89 Å². The quantitative estimate of drug-likeness (QED) is 0.859. The number of carbonyl (C=O) groups is 1. The topological polar surface area (TPSA) is 88.2 Å². The Morgan fingerprint density at radius 3 is 2.89 bits per heavy atom. The number of aryl methyl sites for hydroxylation is 2. The number of anilines is 1. The Balaban J connectivity index is 2.06. The molecular formula is C12H13N3O3. The Morgan fingerprint density at radius 2 is 2.28 bits per heavy atom. The zero-order valence-electron chi connectivity index (χ0n) is 10.1. The van der Waals surface area contributed by atoms with Crippen LogP contribution in [0.15, 0.2) is 22.7 Å². The fraction of sp³-hybridized carbons (Fsp3) is 0.250. The van der Waals surface area contributed by atoms with E-state index >= 15 is 0 Å². The van der Waals surface area contributed by atoms with Crippen LogP contribution in [0, 0.1) is 13.8 Å². The lowest BCUT2D eigenvalue weighted by Crippen LogP contribution is -2.04. The van der Waals surface area contributed by atoms with Crippen molar-refractivity contribution in [3.05, 3.63) is 41.4 Å². The van der Waals surface area contributed by atoms with Crippen LogP contribution in [0.25, 0.3) is 0 Å². The number of rotatable bonds is 4. The Kier molecular flexibility index (Phi) is 3.27. The van der Waals surface area contributed by atoms with Crippen LogP contribution < -0.4 is 5.32 Å². The van der Waals surface area contributed by atoms with Crippen molar-refractivity contribution in [3.8, 4) is 0 Å². The van der Waals surface area contributed by atoms with E-state index in [-0.39, 0.29) is 5.69 Å². The summed E-state index contributed by atoms with van der Waals surface area (Å²) in [5.41, 5.74) is 1.52. The first-order valence-corrected chi connectivity index (χ1v) is 5.42. The molecule has 18 heavy (non-hydrogen) atoms. The van der Waals surface area contributed by atoms with Crippen LogP contribution in [-0.2, 0) is 6.54 Å². The average molecular weight is 247 g/mol. The minimum atomic E-state index is -1.05. The van der Waals surface area contributed by atoms with Gasteiger partial charge in [0.1, 0.15) is 11.5 Å². The molecule has 0 radical (unpaired) electrons. The molecule has 0 atom stereocenters. The fourth-order valence-electron chi connectivity index (χ4n) is 1.45. The lowest BCUT2D eigenvalue weighted by atomic mass is 10.3. The zero-order valence-corrected chi connectivity index (χ0v) is 10.1. The number of nitrogens with one attached hydrogen (secondary N) is 1. The van der Waals surface area contributed by atoms with Gasteiger partial charge in [0.05, 0.1) is 12.2 Å². The second-order valence-electron chi connectivity index (χ2n) is 3.84.